The van der Waals surface area contributed by atoms with Crippen LogP contribution >= 0.6 is 11.3 Å². The van der Waals surface area contributed by atoms with Crippen molar-refractivity contribution in [3.05, 3.63) is 23.3 Å². The van der Waals surface area contributed by atoms with Crippen LogP contribution in [-0.2, 0) is 11.2 Å². The van der Waals surface area contributed by atoms with E-state index >= 15 is 0 Å². The lowest BCUT2D eigenvalue weighted by atomic mass is 10.1. The Labute approximate surface area is 167 Å². The molecule has 150 valence electrons. The Hall–Kier alpha value is -2.46. The number of rotatable bonds is 6. The van der Waals surface area contributed by atoms with Gasteiger partial charge in [-0.2, -0.15) is 5.10 Å². The van der Waals surface area contributed by atoms with E-state index in [9.17, 15) is 9.59 Å². The number of hydrogen-bond donors (Lipinski definition) is 2. The minimum absolute atomic E-state index is 0.129. The average Bonchev–Trinajstić information content (AvgIpc) is 3.43. The summed E-state index contributed by atoms with van der Waals surface area (Å²) >= 11 is 1.38. The molecule has 2 aromatic heterocycles. The molecular weight excluding hydrogens is 378 g/mol. The van der Waals surface area contributed by atoms with Crippen LogP contribution in [0.1, 0.15) is 31.5 Å². The highest BCUT2D eigenvalue weighted by Crippen LogP contribution is 2.26. The number of anilines is 2. The molecule has 0 spiro atoms. The van der Waals surface area contributed by atoms with E-state index in [-0.39, 0.29) is 18.4 Å². The van der Waals surface area contributed by atoms with Crippen molar-refractivity contribution in [3.8, 4) is 0 Å². The van der Waals surface area contributed by atoms with Gasteiger partial charge in [0.2, 0.25) is 5.91 Å². The molecule has 0 saturated carbocycles. The second-order valence-corrected chi connectivity index (χ2v) is 7.89. The molecule has 4 heterocycles. The van der Waals surface area contributed by atoms with Crippen molar-refractivity contribution < 1.29 is 9.59 Å². The third-order valence-corrected chi connectivity index (χ3v) is 6.17. The number of hydrogen-bond acceptors (Lipinski definition) is 6. The maximum absolute atomic E-state index is 12.5. The minimum atomic E-state index is -0.136. The summed E-state index contributed by atoms with van der Waals surface area (Å²) in [5.74, 6) is 0.602. The van der Waals surface area contributed by atoms with E-state index < -0.39 is 0 Å². The molecule has 0 radical (unpaired) electrons. The number of thiazole rings is 1. The number of carbonyl (C=O) groups is 2. The van der Waals surface area contributed by atoms with Gasteiger partial charge in [0.1, 0.15) is 5.82 Å². The maximum Gasteiger partial charge on any atom is 0.323 e. The number of nitrogens with zero attached hydrogens (tertiary/aromatic N) is 5. The van der Waals surface area contributed by atoms with E-state index in [1.807, 2.05) is 16.1 Å². The molecule has 10 heteroatoms. The molecule has 2 fully saturated rings. The Balaban J connectivity index is 1.35. The fourth-order valence-corrected chi connectivity index (χ4v) is 4.54. The lowest BCUT2D eigenvalue weighted by Crippen LogP contribution is -2.35. The Morgan fingerprint density at radius 3 is 2.89 bits per heavy atom. The zero-order chi connectivity index (χ0) is 19.5. The van der Waals surface area contributed by atoms with Crippen molar-refractivity contribution in [2.24, 2.45) is 0 Å². The molecule has 2 saturated heterocycles. The van der Waals surface area contributed by atoms with Crippen molar-refractivity contribution in [2.45, 2.75) is 32.2 Å². The van der Waals surface area contributed by atoms with E-state index in [2.05, 4.69) is 32.5 Å². The quantitative estimate of drug-likeness (QED) is 0.766. The van der Waals surface area contributed by atoms with Gasteiger partial charge in [-0.1, -0.05) is 6.92 Å². The number of piperidine rings is 1. The SMILES string of the molecule is CCN1CCC(n2nccc2NC(=O)Cc2csc(N3CCNC3=O)n2)CC1. The molecule has 0 bridgehead atoms. The number of aromatic nitrogens is 3. The standard InChI is InChI=1S/C18H25N7O2S/c1-2-23-8-4-14(5-9-23)25-15(3-6-20-25)22-16(26)11-13-12-28-18(21-13)24-10-7-19-17(24)27/h3,6,12,14H,2,4-5,7-11H2,1H3,(H,19,27)(H,22,26). The summed E-state index contributed by atoms with van der Waals surface area (Å²) < 4.78 is 1.94. The van der Waals surface area contributed by atoms with Gasteiger partial charge in [0.05, 0.1) is 24.4 Å². The molecule has 28 heavy (non-hydrogen) atoms. The maximum atomic E-state index is 12.5. The monoisotopic (exact) mass is 403 g/mol. The summed E-state index contributed by atoms with van der Waals surface area (Å²) in [6.07, 6.45) is 3.97. The van der Waals surface area contributed by atoms with Gasteiger partial charge in [-0.3, -0.25) is 9.69 Å². The Morgan fingerprint density at radius 1 is 1.36 bits per heavy atom. The largest absolute Gasteiger partial charge is 0.336 e. The third-order valence-electron chi connectivity index (χ3n) is 5.26. The first-order valence-corrected chi connectivity index (χ1v) is 10.6. The van der Waals surface area contributed by atoms with Crippen molar-refractivity contribution in [2.75, 3.05) is 42.9 Å². The van der Waals surface area contributed by atoms with E-state index in [1.54, 1.807) is 11.1 Å². The zero-order valence-corrected chi connectivity index (χ0v) is 16.7. The predicted molar refractivity (Wildman–Crippen MR) is 108 cm³/mol. The minimum Gasteiger partial charge on any atom is -0.336 e. The average molecular weight is 404 g/mol. The molecule has 2 aromatic rings. The summed E-state index contributed by atoms with van der Waals surface area (Å²) in [5.41, 5.74) is 0.666. The van der Waals surface area contributed by atoms with E-state index in [4.69, 9.17) is 0 Å². The molecular formula is C18H25N7O2S. The number of urea groups is 1. The fourth-order valence-electron chi connectivity index (χ4n) is 3.69. The van der Waals surface area contributed by atoms with Crippen LogP contribution in [0.3, 0.4) is 0 Å². The first-order chi connectivity index (χ1) is 13.6. The van der Waals surface area contributed by atoms with Crippen molar-refractivity contribution in [3.63, 3.8) is 0 Å². The summed E-state index contributed by atoms with van der Waals surface area (Å²) in [4.78, 5) is 32.7. The van der Waals surface area contributed by atoms with Crippen molar-refractivity contribution in [1.29, 1.82) is 0 Å². The highest BCUT2D eigenvalue weighted by molar-refractivity contribution is 7.14. The Kier molecular flexibility index (Phi) is 5.58. The van der Waals surface area contributed by atoms with Gasteiger partial charge in [-0.05, 0) is 19.4 Å². The molecule has 2 aliphatic heterocycles. The molecule has 2 N–H and O–H groups in total. The van der Waals surface area contributed by atoms with Crippen LogP contribution in [0.2, 0.25) is 0 Å². The van der Waals surface area contributed by atoms with Gasteiger partial charge in [0.15, 0.2) is 5.13 Å². The molecule has 0 aromatic carbocycles. The number of nitrogens with one attached hydrogen (secondary N) is 2. The van der Waals surface area contributed by atoms with E-state index in [1.165, 1.54) is 11.3 Å². The second kappa shape index (κ2) is 8.27. The highest BCUT2D eigenvalue weighted by atomic mass is 32.1. The molecule has 9 nitrogen and oxygen atoms in total. The fraction of sp³-hybridized carbons (Fsp3) is 0.556. The third kappa shape index (κ3) is 4.02. The van der Waals surface area contributed by atoms with Gasteiger partial charge in [-0.25, -0.2) is 14.5 Å². The summed E-state index contributed by atoms with van der Waals surface area (Å²) in [6.45, 7) is 6.59. The van der Waals surface area contributed by atoms with Crippen LogP contribution in [-0.4, -0.2) is 64.3 Å². The number of carbonyl (C=O) groups excluding carboxylic acids is 2. The molecule has 3 amide bonds. The van der Waals surface area contributed by atoms with Crippen LogP contribution in [0.4, 0.5) is 15.7 Å². The van der Waals surface area contributed by atoms with Crippen molar-refractivity contribution in [1.82, 2.24) is 25.0 Å². The number of likely N-dealkylation sites (tertiary alicyclic amines) is 1. The normalized spacial score (nSPS) is 18.5. The molecule has 4 rings (SSSR count). The number of amides is 3. The van der Waals surface area contributed by atoms with Gasteiger partial charge in [0, 0.05) is 37.6 Å². The molecule has 0 unspecified atom stereocenters. The van der Waals surface area contributed by atoms with Gasteiger partial charge in [-0.15, -0.1) is 11.3 Å². The topological polar surface area (TPSA) is 95.4 Å². The van der Waals surface area contributed by atoms with Crippen LogP contribution in [0.25, 0.3) is 0 Å². The van der Waals surface area contributed by atoms with E-state index in [0.29, 0.717) is 30.0 Å². The van der Waals surface area contributed by atoms with Crippen LogP contribution in [0.15, 0.2) is 17.6 Å². The molecule has 0 aliphatic carbocycles. The summed E-state index contributed by atoms with van der Waals surface area (Å²) in [5, 5.41) is 12.6. The molecule has 0 atom stereocenters. The van der Waals surface area contributed by atoms with Gasteiger partial charge >= 0.3 is 6.03 Å². The zero-order valence-electron chi connectivity index (χ0n) is 15.9. The second-order valence-electron chi connectivity index (χ2n) is 7.06. The van der Waals surface area contributed by atoms with Crippen LogP contribution < -0.4 is 15.5 Å². The molecule has 2 aliphatic rings. The summed E-state index contributed by atoms with van der Waals surface area (Å²) in [6, 6.07) is 2.02. The highest BCUT2D eigenvalue weighted by Gasteiger charge is 2.25. The Bertz CT molecular complexity index is 841. The smallest absolute Gasteiger partial charge is 0.323 e. The summed E-state index contributed by atoms with van der Waals surface area (Å²) in [7, 11) is 0. The lowest BCUT2D eigenvalue weighted by molar-refractivity contribution is -0.115. The predicted octanol–water partition coefficient (Wildman–Crippen LogP) is 1.71. The van der Waals surface area contributed by atoms with Crippen molar-refractivity contribution >= 4 is 34.2 Å². The first kappa shape index (κ1) is 18.9. The van der Waals surface area contributed by atoms with Crippen LogP contribution in [0, 0.1) is 0 Å². The van der Waals surface area contributed by atoms with E-state index in [0.717, 1.165) is 38.3 Å². The van der Waals surface area contributed by atoms with Gasteiger partial charge < -0.3 is 15.5 Å². The lowest BCUT2D eigenvalue weighted by Gasteiger charge is -2.31. The first-order valence-electron chi connectivity index (χ1n) is 9.69. The van der Waals surface area contributed by atoms with Crippen LogP contribution in [0.5, 0.6) is 0 Å². The Morgan fingerprint density at radius 2 is 2.18 bits per heavy atom. The van der Waals surface area contributed by atoms with Gasteiger partial charge in [0.25, 0.3) is 0 Å².